The standard InChI is InChI=1S/C22H27ClN2O4S/c1-21(2)15-5-8-22(21,19(26)11-15)13-30(27,28)25-9-6-14(7-10-25)20-24-17-12-16(23)3-4-18(17)29-20/h3-4,12,14-15H,5-11,13H2,1-2H3. The van der Waals surface area contributed by atoms with Crippen molar-refractivity contribution in [2.45, 2.75) is 51.9 Å². The van der Waals surface area contributed by atoms with E-state index in [-0.39, 0.29) is 22.9 Å². The highest BCUT2D eigenvalue weighted by molar-refractivity contribution is 7.89. The van der Waals surface area contributed by atoms with E-state index in [1.54, 1.807) is 16.4 Å². The van der Waals surface area contributed by atoms with Crippen molar-refractivity contribution in [2.75, 3.05) is 18.8 Å². The number of carbonyl (C=O) groups excluding carboxylic acids is 1. The summed E-state index contributed by atoms with van der Waals surface area (Å²) < 4.78 is 34.1. The van der Waals surface area contributed by atoms with Gasteiger partial charge >= 0.3 is 0 Å². The Morgan fingerprint density at radius 2 is 1.97 bits per heavy atom. The first-order valence-corrected chi connectivity index (χ1v) is 12.7. The molecule has 6 nitrogen and oxygen atoms in total. The Morgan fingerprint density at radius 1 is 1.23 bits per heavy atom. The van der Waals surface area contributed by atoms with E-state index in [9.17, 15) is 13.2 Å². The summed E-state index contributed by atoms with van der Waals surface area (Å²) in [6.45, 7) is 5.02. The van der Waals surface area contributed by atoms with Crippen LogP contribution in [0.3, 0.4) is 0 Å². The summed E-state index contributed by atoms with van der Waals surface area (Å²) in [7, 11) is -3.51. The molecule has 2 atom stereocenters. The third-order valence-corrected chi connectivity index (χ3v) is 10.4. The van der Waals surface area contributed by atoms with Crippen LogP contribution in [0.5, 0.6) is 0 Å². The first-order chi connectivity index (χ1) is 14.1. The Labute approximate surface area is 182 Å². The number of carbonyl (C=O) groups is 1. The molecule has 8 heteroatoms. The molecule has 2 aromatic rings. The molecule has 5 rings (SSSR count). The lowest BCUT2D eigenvalue weighted by atomic mass is 9.70. The highest BCUT2D eigenvalue weighted by atomic mass is 35.5. The van der Waals surface area contributed by atoms with Crippen LogP contribution in [-0.2, 0) is 14.8 Å². The maximum Gasteiger partial charge on any atom is 0.215 e. The van der Waals surface area contributed by atoms with Crippen LogP contribution in [0.1, 0.15) is 57.8 Å². The second kappa shape index (κ2) is 6.78. The summed E-state index contributed by atoms with van der Waals surface area (Å²) in [5, 5.41) is 0.612. The number of piperidine rings is 1. The number of rotatable bonds is 4. The topological polar surface area (TPSA) is 80.5 Å². The van der Waals surface area contributed by atoms with E-state index in [2.05, 4.69) is 18.8 Å². The summed E-state index contributed by atoms with van der Waals surface area (Å²) in [6, 6.07) is 5.35. The van der Waals surface area contributed by atoms with Gasteiger partial charge in [0.25, 0.3) is 0 Å². The van der Waals surface area contributed by atoms with Gasteiger partial charge in [-0.15, -0.1) is 0 Å². The van der Waals surface area contributed by atoms with E-state index >= 15 is 0 Å². The molecule has 1 saturated heterocycles. The number of oxazole rings is 1. The second-order valence-corrected chi connectivity index (χ2v) is 12.2. The number of halogens is 1. The monoisotopic (exact) mass is 450 g/mol. The fraction of sp³-hybridized carbons (Fsp3) is 0.636. The first kappa shape index (κ1) is 20.5. The third-order valence-electron chi connectivity index (χ3n) is 8.13. The average Bonchev–Trinajstić information content (AvgIpc) is 3.27. The number of ketones is 1. The lowest BCUT2D eigenvalue weighted by molar-refractivity contribution is -0.128. The molecule has 1 aromatic heterocycles. The van der Waals surface area contributed by atoms with E-state index in [0.29, 0.717) is 61.2 Å². The van der Waals surface area contributed by atoms with Crippen molar-refractivity contribution in [2.24, 2.45) is 16.7 Å². The largest absolute Gasteiger partial charge is 0.440 e. The van der Waals surface area contributed by atoms with E-state index in [4.69, 9.17) is 16.0 Å². The maximum atomic E-state index is 13.3. The molecule has 0 radical (unpaired) electrons. The zero-order chi connectivity index (χ0) is 21.3. The molecule has 3 aliphatic rings. The Kier molecular flexibility index (Phi) is 4.62. The van der Waals surface area contributed by atoms with Crippen LogP contribution in [0.4, 0.5) is 0 Å². The fourth-order valence-corrected chi connectivity index (χ4v) is 8.40. The summed E-state index contributed by atoms with van der Waals surface area (Å²) >= 11 is 6.03. The predicted molar refractivity (Wildman–Crippen MR) is 115 cm³/mol. The van der Waals surface area contributed by atoms with Gasteiger partial charge in [0.1, 0.15) is 11.3 Å². The van der Waals surface area contributed by atoms with Gasteiger partial charge in [0, 0.05) is 35.9 Å². The molecule has 2 saturated carbocycles. The van der Waals surface area contributed by atoms with Gasteiger partial charge in [0.05, 0.1) is 5.75 Å². The number of sulfonamides is 1. The predicted octanol–water partition coefficient (Wildman–Crippen LogP) is 4.39. The molecule has 3 fully saturated rings. The maximum absolute atomic E-state index is 13.3. The van der Waals surface area contributed by atoms with Crippen molar-refractivity contribution in [3.8, 4) is 0 Å². The third kappa shape index (κ3) is 2.96. The van der Waals surface area contributed by atoms with E-state index in [1.165, 1.54) is 0 Å². The summed E-state index contributed by atoms with van der Waals surface area (Å²) in [6.07, 6.45) is 3.51. The van der Waals surface area contributed by atoms with Crippen LogP contribution >= 0.6 is 11.6 Å². The summed E-state index contributed by atoms with van der Waals surface area (Å²) in [4.78, 5) is 17.3. The van der Waals surface area contributed by atoms with Crippen LogP contribution in [0.25, 0.3) is 11.1 Å². The Bertz CT molecular complexity index is 1120. The Balaban J connectivity index is 1.30. The van der Waals surface area contributed by atoms with Gasteiger partial charge in [0.15, 0.2) is 11.5 Å². The minimum atomic E-state index is -3.51. The van der Waals surface area contributed by atoms with Crippen molar-refractivity contribution >= 4 is 38.5 Å². The molecule has 0 spiro atoms. The molecule has 162 valence electrons. The lowest BCUT2D eigenvalue weighted by Gasteiger charge is -2.38. The number of Topliss-reactive ketones (excluding diaryl/α,β-unsaturated/α-hetero) is 1. The normalized spacial score (nSPS) is 29.8. The number of aromatic nitrogens is 1. The average molecular weight is 451 g/mol. The minimum absolute atomic E-state index is 0.0472. The van der Waals surface area contributed by atoms with E-state index in [0.717, 1.165) is 11.9 Å². The molecule has 2 aliphatic carbocycles. The van der Waals surface area contributed by atoms with E-state index < -0.39 is 15.4 Å². The molecular weight excluding hydrogens is 424 g/mol. The smallest absolute Gasteiger partial charge is 0.215 e. The zero-order valence-electron chi connectivity index (χ0n) is 17.4. The van der Waals surface area contributed by atoms with Gasteiger partial charge < -0.3 is 4.42 Å². The molecule has 1 aliphatic heterocycles. The van der Waals surface area contributed by atoms with Crippen LogP contribution in [0.2, 0.25) is 5.02 Å². The van der Waals surface area contributed by atoms with Crippen LogP contribution < -0.4 is 0 Å². The number of nitrogens with zero attached hydrogens (tertiary/aromatic N) is 2. The molecule has 0 N–H and O–H groups in total. The second-order valence-electron chi connectivity index (χ2n) is 9.76. The minimum Gasteiger partial charge on any atom is -0.440 e. The zero-order valence-corrected chi connectivity index (χ0v) is 18.9. The van der Waals surface area contributed by atoms with Crippen molar-refractivity contribution in [3.63, 3.8) is 0 Å². The van der Waals surface area contributed by atoms with E-state index in [1.807, 2.05) is 6.07 Å². The first-order valence-electron chi connectivity index (χ1n) is 10.7. The highest BCUT2D eigenvalue weighted by Gasteiger charge is 2.65. The highest BCUT2D eigenvalue weighted by Crippen LogP contribution is 2.64. The molecule has 2 bridgehead atoms. The van der Waals surface area contributed by atoms with Crippen molar-refractivity contribution in [1.29, 1.82) is 0 Å². The van der Waals surface area contributed by atoms with Crippen molar-refractivity contribution in [1.82, 2.24) is 9.29 Å². The number of hydrogen-bond acceptors (Lipinski definition) is 5. The Hall–Kier alpha value is -1.44. The Morgan fingerprint density at radius 3 is 2.60 bits per heavy atom. The summed E-state index contributed by atoms with van der Waals surface area (Å²) in [5.41, 5.74) is 0.465. The van der Waals surface area contributed by atoms with Gasteiger partial charge in [-0.3, -0.25) is 4.79 Å². The van der Waals surface area contributed by atoms with Crippen LogP contribution in [-0.4, -0.2) is 42.3 Å². The molecule has 1 aromatic carbocycles. The number of hydrogen-bond donors (Lipinski definition) is 0. The molecule has 0 amide bonds. The van der Waals surface area contributed by atoms with Gasteiger partial charge in [-0.05, 0) is 55.2 Å². The molecule has 30 heavy (non-hydrogen) atoms. The fourth-order valence-electron chi connectivity index (χ4n) is 5.98. The molecular formula is C22H27ClN2O4S. The van der Waals surface area contributed by atoms with Crippen molar-refractivity contribution < 1.29 is 17.6 Å². The van der Waals surface area contributed by atoms with Gasteiger partial charge in [-0.1, -0.05) is 25.4 Å². The molecule has 2 unspecified atom stereocenters. The number of benzene rings is 1. The molecule has 2 heterocycles. The lowest BCUT2D eigenvalue weighted by Crippen LogP contribution is -2.48. The van der Waals surface area contributed by atoms with Gasteiger partial charge in [0.2, 0.25) is 10.0 Å². The quantitative estimate of drug-likeness (QED) is 0.690. The SMILES string of the molecule is CC1(C)C2CCC1(CS(=O)(=O)N1CCC(c3nc4cc(Cl)ccc4o3)CC1)C(=O)C2. The van der Waals surface area contributed by atoms with Gasteiger partial charge in [-0.2, -0.15) is 0 Å². The van der Waals surface area contributed by atoms with Crippen molar-refractivity contribution in [3.05, 3.63) is 29.1 Å². The van der Waals surface area contributed by atoms with Crippen LogP contribution in [0.15, 0.2) is 22.6 Å². The van der Waals surface area contributed by atoms with Gasteiger partial charge in [-0.25, -0.2) is 17.7 Å². The van der Waals surface area contributed by atoms with Crippen LogP contribution in [0, 0.1) is 16.7 Å². The summed E-state index contributed by atoms with van der Waals surface area (Å²) in [5.74, 6) is 1.15. The number of fused-ring (bicyclic) bond motifs is 3.